The summed E-state index contributed by atoms with van der Waals surface area (Å²) in [6.45, 7) is 1.45. The highest BCUT2D eigenvalue weighted by Gasteiger charge is 2.48. The molecule has 0 aliphatic carbocycles. The van der Waals surface area contributed by atoms with Crippen LogP contribution in [-0.2, 0) is 23.9 Å². The Morgan fingerprint density at radius 2 is 1.56 bits per heavy atom. The average molecular weight is 504 g/mol. The van der Waals surface area contributed by atoms with Crippen LogP contribution in [0.5, 0.6) is 0 Å². The average Bonchev–Trinajstić information content (AvgIpc) is 2.91. The molecule has 32 heavy (non-hydrogen) atoms. The van der Waals surface area contributed by atoms with Crippen LogP contribution in [0.25, 0.3) is 11.1 Å². The summed E-state index contributed by atoms with van der Waals surface area (Å²) >= 11 is 0. The predicted octanol–water partition coefficient (Wildman–Crippen LogP) is 1.54. The van der Waals surface area contributed by atoms with Crippen LogP contribution in [0.15, 0.2) is 48.5 Å². The van der Waals surface area contributed by atoms with Gasteiger partial charge in [-0.05, 0) is 35.7 Å². The first-order chi connectivity index (χ1) is 14.6. The van der Waals surface area contributed by atoms with E-state index in [0.717, 1.165) is 23.6 Å². The fourth-order valence-corrected chi connectivity index (χ4v) is 3.47. The lowest BCUT2D eigenvalue weighted by atomic mass is 9.89. The van der Waals surface area contributed by atoms with E-state index in [4.69, 9.17) is 0 Å². The third-order valence-corrected chi connectivity index (χ3v) is 4.95. The Labute approximate surface area is 190 Å². The van der Waals surface area contributed by atoms with Gasteiger partial charge in [-0.25, -0.2) is 21.6 Å². The summed E-state index contributed by atoms with van der Waals surface area (Å²) in [7, 11) is -2.07. The quantitative estimate of drug-likeness (QED) is 0.355. The van der Waals surface area contributed by atoms with Gasteiger partial charge >= 0.3 is 6.03 Å². The molecule has 0 radical (unpaired) electrons. The largest absolute Gasteiger partial charge is 0.385 e. The minimum atomic E-state index is -3.38. The first-order valence-corrected chi connectivity index (χ1v) is 13.6. The number of benzene rings is 2. The van der Waals surface area contributed by atoms with E-state index in [-0.39, 0.29) is 0 Å². The summed E-state index contributed by atoms with van der Waals surface area (Å²) in [6.07, 6.45) is 0.777. The number of carbonyl (C=O) groups excluding carboxylic acids is 2. The highest BCUT2D eigenvalue weighted by Crippen LogP contribution is 2.30. The number of sulfonamides is 1. The van der Waals surface area contributed by atoms with Gasteiger partial charge in [0.2, 0.25) is 19.1 Å². The molecule has 1 aliphatic heterocycles. The van der Waals surface area contributed by atoms with E-state index in [2.05, 4.69) is 26.0 Å². The van der Waals surface area contributed by atoms with E-state index in [9.17, 15) is 31.5 Å². The molecular formula is C19H22ClN3O7S2. The van der Waals surface area contributed by atoms with Crippen molar-refractivity contribution in [2.24, 2.45) is 0 Å². The molecule has 1 heterocycles. The number of carbonyl (C=O) groups is 2. The Kier molecular flexibility index (Phi) is 7.55. The van der Waals surface area contributed by atoms with E-state index in [0.29, 0.717) is 11.3 Å². The molecule has 1 fully saturated rings. The van der Waals surface area contributed by atoms with Gasteiger partial charge < -0.3 is 10.4 Å². The van der Waals surface area contributed by atoms with Gasteiger partial charge in [0.25, 0.3) is 5.91 Å². The topological polar surface area (TPSA) is 159 Å². The minimum absolute atomic E-state index is 0.442. The fraction of sp³-hybridized carbons (Fsp3) is 0.263. The maximum absolute atomic E-state index is 12.0. The molecule has 2 aromatic rings. The van der Waals surface area contributed by atoms with E-state index in [1.54, 1.807) is 42.5 Å². The molecule has 1 saturated heterocycles. The first kappa shape index (κ1) is 25.6. The molecule has 174 valence electrons. The smallest absolute Gasteiger partial charge is 0.322 e. The number of aliphatic hydroxyl groups excluding tert-OH is 1. The van der Waals surface area contributed by atoms with Gasteiger partial charge in [-0.2, -0.15) is 0 Å². The molecule has 2 atom stereocenters. The molecule has 2 aromatic carbocycles. The normalized spacial score (nSPS) is 19.3. The van der Waals surface area contributed by atoms with Crippen LogP contribution in [0.4, 0.5) is 10.5 Å². The Morgan fingerprint density at radius 3 is 2.03 bits per heavy atom. The van der Waals surface area contributed by atoms with Crippen molar-refractivity contribution in [1.29, 1.82) is 0 Å². The second-order valence-electron chi connectivity index (χ2n) is 7.27. The zero-order valence-corrected chi connectivity index (χ0v) is 19.7. The lowest BCUT2D eigenvalue weighted by Crippen LogP contribution is -2.49. The molecule has 0 aromatic heterocycles. The molecule has 0 bridgehead atoms. The second kappa shape index (κ2) is 9.45. The molecule has 3 rings (SSSR count). The van der Waals surface area contributed by atoms with Crippen LogP contribution in [0.1, 0.15) is 18.6 Å². The molecule has 2 unspecified atom stereocenters. The van der Waals surface area contributed by atoms with Crippen LogP contribution in [-0.4, -0.2) is 51.9 Å². The summed E-state index contributed by atoms with van der Waals surface area (Å²) in [5.74, 6) is -0.594. The summed E-state index contributed by atoms with van der Waals surface area (Å²) < 4.78 is 44.0. The van der Waals surface area contributed by atoms with E-state index in [1.807, 2.05) is 6.07 Å². The van der Waals surface area contributed by atoms with Gasteiger partial charge in [0.05, 0.1) is 12.5 Å². The van der Waals surface area contributed by atoms with Gasteiger partial charge in [0.15, 0.2) is 0 Å². The lowest BCUT2D eigenvalue weighted by molar-refractivity contribution is -0.127. The summed E-state index contributed by atoms with van der Waals surface area (Å²) in [5, 5.41) is 15.1. The van der Waals surface area contributed by atoms with Crippen LogP contribution < -0.4 is 15.4 Å². The lowest BCUT2D eigenvalue weighted by Gasteiger charge is -2.27. The zero-order chi connectivity index (χ0) is 24.3. The van der Waals surface area contributed by atoms with Crippen molar-refractivity contribution in [3.63, 3.8) is 0 Å². The molecule has 10 nitrogen and oxygen atoms in total. The SMILES string of the molecule is CC1(C(O)c2ccc(-c3cccc(NS(C)(=O)=O)c3)cc2)NC(=O)NC1=O.CS(=O)(=O)Cl. The van der Waals surface area contributed by atoms with Crippen LogP contribution >= 0.6 is 10.7 Å². The minimum Gasteiger partial charge on any atom is -0.385 e. The number of hydrogen-bond donors (Lipinski definition) is 4. The molecule has 13 heteroatoms. The number of aliphatic hydroxyl groups is 1. The Morgan fingerprint density at radius 1 is 1.00 bits per heavy atom. The number of amides is 3. The zero-order valence-electron chi connectivity index (χ0n) is 17.3. The van der Waals surface area contributed by atoms with Crippen LogP contribution in [0.2, 0.25) is 0 Å². The van der Waals surface area contributed by atoms with Crippen molar-refractivity contribution in [2.45, 2.75) is 18.6 Å². The number of rotatable bonds is 5. The van der Waals surface area contributed by atoms with Crippen molar-refractivity contribution in [1.82, 2.24) is 10.6 Å². The maximum Gasteiger partial charge on any atom is 0.322 e. The van der Waals surface area contributed by atoms with Crippen molar-refractivity contribution < 1.29 is 31.5 Å². The van der Waals surface area contributed by atoms with E-state index >= 15 is 0 Å². The highest BCUT2D eigenvalue weighted by molar-refractivity contribution is 8.13. The fourth-order valence-electron chi connectivity index (χ4n) is 2.92. The first-order valence-electron chi connectivity index (χ1n) is 8.98. The maximum atomic E-state index is 12.0. The Bertz CT molecular complexity index is 1220. The third kappa shape index (κ3) is 7.19. The summed E-state index contributed by atoms with van der Waals surface area (Å²) in [6, 6.07) is 13.0. The van der Waals surface area contributed by atoms with Gasteiger partial charge in [-0.3, -0.25) is 14.8 Å². The van der Waals surface area contributed by atoms with Crippen molar-refractivity contribution in [3.8, 4) is 11.1 Å². The number of hydrogen-bond acceptors (Lipinski definition) is 7. The Balaban J connectivity index is 0.000000654. The van der Waals surface area contributed by atoms with Crippen molar-refractivity contribution in [3.05, 3.63) is 54.1 Å². The van der Waals surface area contributed by atoms with Crippen molar-refractivity contribution >= 4 is 47.4 Å². The van der Waals surface area contributed by atoms with Gasteiger partial charge in [-0.15, -0.1) is 0 Å². The van der Waals surface area contributed by atoms with E-state index < -0.39 is 42.7 Å². The predicted molar refractivity (Wildman–Crippen MR) is 121 cm³/mol. The van der Waals surface area contributed by atoms with Gasteiger partial charge in [0.1, 0.15) is 11.6 Å². The van der Waals surface area contributed by atoms with Gasteiger partial charge in [0, 0.05) is 16.4 Å². The highest BCUT2D eigenvalue weighted by atomic mass is 35.7. The molecule has 3 amide bonds. The third-order valence-electron chi connectivity index (χ3n) is 4.34. The second-order valence-corrected chi connectivity index (χ2v) is 12.1. The molecule has 1 aliphatic rings. The van der Waals surface area contributed by atoms with Crippen molar-refractivity contribution in [2.75, 3.05) is 17.2 Å². The summed E-state index contributed by atoms with van der Waals surface area (Å²) in [5.41, 5.74) is 1.04. The van der Waals surface area contributed by atoms with Crippen LogP contribution in [0, 0.1) is 0 Å². The number of nitrogens with one attached hydrogen (secondary N) is 3. The molecule has 0 saturated carbocycles. The number of anilines is 1. The van der Waals surface area contributed by atoms with E-state index in [1.165, 1.54) is 6.92 Å². The monoisotopic (exact) mass is 503 g/mol. The summed E-state index contributed by atoms with van der Waals surface area (Å²) in [4.78, 5) is 23.3. The Hall–Kier alpha value is -2.67. The van der Waals surface area contributed by atoms with Gasteiger partial charge in [-0.1, -0.05) is 36.4 Å². The molecule has 4 N–H and O–H groups in total. The number of urea groups is 1. The molecule has 0 spiro atoms. The van der Waals surface area contributed by atoms with Crippen LogP contribution in [0.3, 0.4) is 0 Å². The standard InChI is InChI=1S/C18H19N3O5S.CH3ClO2S/c1-18(16(23)19-17(24)20-18)15(22)12-8-6-11(7-9-12)13-4-3-5-14(10-13)21-27(2,25)26;1-5(2,3)4/h3-10,15,21-22H,1-2H3,(H2,19,20,23,24);1H3. The number of halogens is 1. The molecular weight excluding hydrogens is 482 g/mol. The number of imide groups is 1.